The van der Waals surface area contributed by atoms with Crippen LogP contribution in [0.25, 0.3) is 0 Å². The molecule has 0 bridgehead atoms. The second kappa shape index (κ2) is 11.8. The van der Waals surface area contributed by atoms with Gasteiger partial charge in [-0.1, -0.05) is 17.8 Å². The number of nitrogens with zero attached hydrogens (tertiary/aromatic N) is 2. The lowest BCUT2D eigenvalue weighted by molar-refractivity contribution is -0.129. The number of hydrogen-bond acceptors (Lipinski definition) is 8. The van der Waals surface area contributed by atoms with E-state index in [1.165, 1.54) is 47.4 Å². The molecule has 0 spiro atoms. The van der Waals surface area contributed by atoms with E-state index in [1.54, 1.807) is 36.1 Å². The Labute approximate surface area is 221 Å². The number of benzene rings is 2. The number of rotatable bonds is 8. The van der Waals surface area contributed by atoms with Crippen LogP contribution >= 0.6 is 23.1 Å². The Bertz CT molecular complexity index is 1320. The molecule has 0 unspecified atom stereocenters. The highest BCUT2D eigenvalue weighted by atomic mass is 32.2. The molecule has 0 saturated carbocycles. The van der Waals surface area contributed by atoms with E-state index in [-0.39, 0.29) is 30.4 Å². The van der Waals surface area contributed by atoms with Gasteiger partial charge in [-0.3, -0.25) is 14.5 Å². The number of aromatic carboxylic acids is 1. The first kappa shape index (κ1) is 26.1. The van der Waals surface area contributed by atoms with Crippen LogP contribution in [0.5, 0.6) is 0 Å². The number of carboxylic acid groups (broad SMARTS) is 1. The van der Waals surface area contributed by atoms with Crippen molar-refractivity contribution >= 4 is 63.4 Å². The van der Waals surface area contributed by atoms with Crippen LogP contribution in [0.2, 0.25) is 0 Å². The summed E-state index contributed by atoms with van der Waals surface area (Å²) >= 11 is 2.69. The number of hydrogen-bond donors (Lipinski definition) is 2. The number of carboxylic acids is 1. The molecule has 11 heteroatoms. The molecule has 0 radical (unpaired) electrons. The van der Waals surface area contributed by atoms with Gasteiger partial charge in [-0.25, -0.2) is 14.6 Å². The van der Waals surface area contributed by atoms with Crippen molar-refractivity contribution in [3.8, 4) is 0 Å². The highest BCUT2D eigenvalue weighted by molar-refractivity contribution is 8.15. The minimum Gasteiger partial charge on any atom is -0.478 e. The second-order valence-corrected chi connectivity index (χ2v) is 10.1. The number of esters is 1. The van der Waals surface area contributed by atoms with Crippen molar-refractivity contribution < 1.29 is 29.0 Å². The molecule has 3 aromatic rings. The normalized spacial score (nSPS) is 16.5. The van der Waals surface area contributed by atoms with E-state index in [9.17, 15) is 19.2 Å². The fourth-order valence-corrected chi connectivity index (χ4v) is 5.26. The topological polar surface area (TPSA) is 125 Å². The number of nitrogens with one attached hydrogen (secondary N) is 1. The molecule has 2 N–H and O–H groups in total. The van der Waals surface area contributed by atoms with Crippen LogP contribution in [0.3, 0.4) is 0 Å². The van der Waals surface area contributed by atoms with Crippen LogP contribution < -0.4 is 5.32 Å². The van der Waals surface area contributed by atoms with Crippen molar-refractivity contribution in [2.75, 3.05) is 11.9 Å². The Balaban J connectivity index is 1.56. The molecule has 1 aromatic heterocycles. The summed E-state index contributed by atoms with van der Waals surface area (Å²) in [6.45, 7) is 2.33. The fraction of sp³-hybridized carbons (Fsp3) is 0.192. The average Bonchev–Trinajstić information content (AvgIpc) is 3.40. The van der Waals surface area contributed by atoms with E-state index >= 15 is 0 Å². The van der Waals surface area contributed by atoms with Gasteiger partial charge in [-0.05, 0) is 66.9 Å². The molecule has 9 nitrogen and oxygen atoms in total. The Hall–Kier alpha value is -3.96. The van der Waals surface area contributed by atoms with E-state index in [1.807, 2.05) is 17.5 Å². The summed E-state index contributed by atoms with van der Waals surface area (Å²) < 4.78 is 5.01. The molecule has 2 amide bonds. The Morgan fingerprint density at radius 1 is 1.08 bits per heavy atom. The molecule has 1 aliphatic heterocycles. The zero-order valence-corrected chi connectivity index (χ0v) is 21.4. The lowest BCUT2D eigenvalue weighted by atomic mass is 10.2. The third-order valence-electron chi connectivity index (χ3n) is 5.33. The minimum atomic E-state index is -1.06. The van der Waals surface area contributed by atoms with Crippen LogP contribution in [0.15, 0.2) is 71.0 Å². The molecule has 190 valence electrons. The van der Waals surface area contributed by atoms with Gasteiger partial charge in [0.25, 0.3) is 0 Å². The molecule has 1 saturated heterocycles. The summed E-state index contributed by atoms with van der Waals surface area (Å²) in [4.78, 5) is 56.3. The molecule has 37 heavy (non-hydrogen) atoms. The van der Waals surface area contributed by atoms with Gasteiger partial charge in [-0.2, -0.15) is 0 Å². The first-order chi connectivity index (χ1) is 17.8. The Kier molecular flexibility index (Phi) is 8.36. The monoisotopic (exact) mass is 537 g/mol. The summed E-state index contributed by atoms with van der Waals surface area (Å²) in [7, 11) is 0. The van der Waals surface area contributed by atoms with E-state index in [0.29, 0.717) is 28.7 Å². The van der Waals surface area contributed by atoms with Gasteiger partial charge in [0.05, 0.1) is 30.0 Å². The molecule has 0 aliphatic carbocycles. The summed E-state index contributed by atoms with van der Waals surface area (Å²) in [6.07, 6.45) is -0.0180. The maximum absolute atomic E-state index is 13.2. The van der Waals surface area contributed by atoms with E-state index in [2.05, 4.69) is 10.3 Å². The minimum absolute atomic E-state index is 0.0180. The average molecular weight is 538 g/mol. The number of ether oxygens (including phenoxy) is 1. The lowest BCUT2D eigenvalue weighted by Crippen LogP contribution is -2.44. The highest BCUT2D eigenvalue weighted by Crippen LogP contribution is 2.31. The smallest absolute Gasteiger partial charge is 0.338 e. The zero-order chi connectivity index (χ0) is 26.4. The van der Waals surface area contributed by atoms with Crippen molar-refractivity contribution in [3.63, 3.8) is 0 Å². The number of anilines is 1. The van der Waals surface area contributed by atoms with E-state index < -0.39 is 17.2 Å². The van der Waals surface area contributed by atoms with E-state index in [0.717, 1.165) is 4.88 Å². The zero-order valence-electron chi connectivity index (χ0n) is 19.7. The van der Waals surface area contributed by atoms with Crippen molar-refractivity contribution in [1.29, 1.82) is 0 Å². The largest absolute Gasteiger partial charge is 0.478 e. The number of thiophene rings is 1. The van der Waals surface area contributed by atoms with Gasteiger partial charge in [0.2, 0.25) is 11.8 Å². The molecular weight excluding hydrogens is 514 g/mol. The first-order valence-electron chi connectivity index (χ1n) is 11.3. The predicted molar refractivity (Wildman–Crippen MR) is 142 cm³/mol. The molecule has 4 rings (SSSR count). The van der Waals surface area contributed by atoms with Crippen molar-refractivity contribution in [2.45, 2.75) is 25.1 Å². The van der Waals surface area contributed by atoms with Crippen molar-refractivity contribution in [1.82, 2.24) is 4.90 Å². The number of amidine groups is 1. The maximum Gasteiger partial charge on any atom is 0.338 e. The highest BCUT2D eigenvalue weighted by Gasteiger charge is 2.36. The van der Waals surface area contributed by atoms with Gasteiger partial charge in [0, 0.05) is 17.0 Å². The van der Waals surface area contributed by atoms with E-state index in [4.69, 9.17) is 9.84 Å². The number of amides is 2. The maximum atomic E-state index is 13.2. The quantitative estimate of drug-likeness (QED) is 0.396. The lowest BCUT2D eigenvalue weighted by Gasteiger charge is -2.31. The Morgan fingerprint density at radius 2 is 1.78 bits per heavy atom. The fourth-order valence-electron chi connectivity index (χ4n) is 3.47. The molecule has 1 fully saturated rings. The summed E-state index contributed by atoms with van der Waals surface area (Å²) in [6, 6.07) is 16.1. The number of carbonyl (C=O) groups excluding carboxylic acids is 3. The molecular formula is C26H23N3O6S2. The van der Waals surface area contributed by atoms with Gasteiger partial charge in [0.1, 0.15) is 5.25 Å². The van der Waals surface area contributed by atoms with Gasteiger partial charge < -0.3 is 15.2 Å². The molecule has 1 aliphatic rings. The number of aliphatic imine (C=N–C) groups is 1. The number of carbonyl (C=O) groups is 4. The second-order valence-electron chi connectivity index (χ2n) is 7.90. The van der Waals surface area contributed by atoms with Crippen LogP contribution in [-0.4, -0.2) is 50.8 Å². The Morgan fingerprint density at radius 3 is 2.41 bits per heavy atom. The predicted octanol–water partition coefficient (Wildman–Crippen LogP) is 4.78. The third-order valence-corrected chi connectivity index (χ3v) is 7.38. The molecule has 2 aromatic carbocycles. The molecule has 2 heterocycles. The van der Waals surface area contributed by atoms with Crippen molar-refractivity contribution in [2.24, 2.45) is 4.99 Å². The van der Waals surface area contributed by atoms with Crippen LogP contribution in [0.1, 0.15) is 38.9 Å². The van der Waals surface area contributed by atoms with Crippen molar-refractivity contribution in [3.05, 3.63) is 82.0 Å². The van der Waals surface area contributed by atoms with Gasteiger partial charge in [0.15, 0.2) is 5.17 Å². The first-order valence-corrected chi connectivity index (χ1v) is 13.1. The standard InChI is InChI=1S/C26H23N3O6S2/c1-2-35-25(34)17-7-11-19(12-8-17)28-26-29(15-20-4-3-13-36-20)22(30)14-21(37-26)23(31)27-18-9-5-16(6-10-18)24(32)33/h3-13,21H,2,14-15H2,1H3,(H,27,31)(H,32,33)/t21-/m1/s1. The van der Waals surface area contributed by atoms with Gasteiger partial charge >= 0.3 is 11.9 Å². The van der Waals surface area contributed by atoms with Crippen LogP contribution in [-0.2, 0) is 20.9 Å². The number of thioether (sulfide) groups is 1. The summed E-state index contributed by atoms with van der Waals surface area (Å²) in [5.74, 6) is -2.12. The van der Waals surface area contributed by atoms with Gasteiger partial charge in [-0.15, -0.1) is 11.3 Å². The van der Waals surface area contributed by atoms with Crippen LogP contribution in [0.4, 0.5) is 11.4 Å². The SMILES string of the molecule is CCOC(=O)c1ccc(N=C2S[C@@H](C(=O)Nc3ccc(C(=O)O)cc3)CC(=O)N2Cc2cccs2)cc1. The summed E-state index contributed by atoms with van der Waals surface area (Å²) in [5, 5.41) is 13.4. The third kappa shape index (κ3) is 6.63. The summed E-state index contributed by atoms with van der Waals surface area (Å²) in [5.41, 5.74) is 1.44. The van der Waals surface area contributed by atoms with Crippen LogP contribution in [0, 0.1) is 0 Å². The molecule has 1 atom stereocenters.